The highest BCUT2D eigenvalue weighted by atomic mass is 32.1. The van der Waals surface area contributed by atoms with Gasteiger partial charge in [-0.2, -0.15) is 12.6 Å². The van der Waals surface area contributed by atoms with Crippen LogP contribution in [0, 0.1) is 11.8 Å². The maximum absolute atomic E-state index is 5.87. The van der Waals surface area contributed by atoms with Crippen LogP contribution in [0.1, 0.15) is 13.8 Å². The molecule has 0 aromatic heterocycles. The Bertz CT molecular complexity index is 344. The summed E-state index contributed by atoms with van der Waals surface area (Å²) in [5, 5.41) is 0. The zero-order valence-electron chi connectivity index (χ0n) is 11.5. The van der Waals surface area contributed by atoms with Gasteiger partial charge in [-0.3, -0.25) is 0 Å². The van der Waals surface area contributed by atoms with Crippen LogP contribution in [0.5, 0.6) is 17.2 Å². The third-order valence-corrected chi connectivity index (χ3v) is 3.47. The Balaban J connectivity index is 2.82. The van der Waals surface area contributed by atoms with E-state index in [2.05, 4.69) is 26.5 Å². The van der Waals surface area contributed by atoms with Gasteiger partial charge in [0.1, 0.15) is 0 Å². The lowest BCUT2D eigenvalue weighted by Gasteiger charge is -2.21. The lowest BCUT2D eigenvalue weighted by molar-refractivity contribution is 0.210. The van der Waals surface area contributed by atoms with Crippen molar-refractivity contribution in [2.24, 2.45) is 11.8 Å². The number of ether oxygens (including phenoxy) is 3. The molecule has 1 rings (SSSR count). The van der Waals surface area contributed by atoms with Crippen LogP contribution in [0.3, 0.4) is 0 Å². The zero-order chi connectivity index (χ0) is 13.5. The van der Waals surface area contributed by atoms with Crippen LogP contribution in [-0.4, -0.2) is 26.6 Å². The molecule has 0 N–H and O–H groups in total. The van der Waals surface area contributed by atoms with Gasteiger partial charge in [0.25, 0.3) is 0 Å². The topological polar surface area (TPSA) is 27.7 Å². The van der Waals surface area contributed by atoms with E-state index in [1.165, 1.54) is 0 Å². The SMILES string of the molecule is COc1cccc(OC)c1OCC(CS)C(C)C. The summed E-state index contributed by atoms with van der Waals surface area (Å²) in [5.74, 6) is 3.78. The Morgan fingerprint density at radius 3 is 2.06 bits per heavy atom. The fourth-order valence-electron chi connectivity index (χ4n) is 1.61. The first kappa shape index (κ1) is 15.0. The lowest BCUT2D eigenvalue weighted by Crippen LogP contribution is -2.19. The molecule has 0 aliphatic heterocycles. The predicted molar refractivity (Wildman–Crippen MR) is 77.2 cm³/mol. The van der Waals surface area contributed by atoms with Gasteiger partial charge < -0.3 is 14.2 Å². The second-order valence-electron chi connectivity index (χ2n) is 4.49. The summed E-state index contributed by atoms with van der Waals surface area (Å²) in [6.07, 6.45) is 0. The monoisotopic (exact) mass is 270 g/mol. The van der Waals surface area contributed by atoms with Crippen LogP contribution in [0.25, 0.3) is 0 Å². The predicted octanol–water partition coefficient (Wildman–Crippen LogP) is 3.28. The number of hydrogen-bond donors (Lipinski definition) is 1. The highest BCUT2D eigenvalue weighted by Gasteiger charge is 2.16. The molecule has 0 radical (unpaired) electrons. The van der Waals surface area contributed by atoms with Crippen molar-refractivity contribution in [2.45, 2.75) is 13.8 Å². The molecule has 4 heteroatoms. The van der Waals surface area contributed by atoms with Crippen LogP contribution in [0.2, 0.25) is 0 Å². The van der Waals surface area contributed by atoms with Crippen molar-refractivity contribution in [3.8, 4) is 17.2 Å². The van der Waals surface area contributed by atoms with Crippen LogP contribution < -0.4 is 14.2 Å². The summed E-state index contributed by atoms with van der Waals surface area (Å²) in [6.45, 7) is 4.95. The summed E-state index contributed by atoms with van der Waals surface area (Å²) in [7, 11) is 3.25. The quantitative estimate of drug-likeness (QED) is 0.771. The first-order valence-electron chi connectivity index (χ1n) is 6.08. The van der Waals surface area contributed by atoms with E-state index in [9.17, 15) is 0 Å². The van der Waals surface area contributed by atoms with Gasteiger partial charge in [0, 0.05) is 5.92 Å². The van der Waals surface area contributed by atoms with E-state index in [4.69, 9.17) is 14.2 Å². The number of thiol groups is 1. The third-order valence-electron chi connectivity index (χ3n) is 3.00. The summed E-state index contributed by atoms with van der Waals surface area (Å²) in [6, 6.07) is 5.61. The van der Waals surface area contributed by atoms with Gasteiger partial charge in [-0.05, 0) is 23.8 Å². The van der Waals surface area contributed by atoms with Gasteiger partial charge in [-0.1, -0.05) is 19.9 Å². The fourth-order valence-corrected chi connectivity index (χ4v) is 2.13. The van der Waals surface area contributed by atoms with Gasteiger partial charge in [0.05, 0.1) is 20.8 Å². The Labute approximate surface area is 115 Å². The van der Waals surface area contributed by atoms with Crippen LogP contribution in [-0.2, 0) is 0 Å². The molecule has 1 atom stereocenters. The maximum Gasteiger partial charge on any atom is 0.203 e. The third kappa shape index (κ3) is 3.73. The van der Waals surface area contributed by atoms with Crippen LogP contribution in [0.15, 0.2) is 18.2 Å². The van der Waals surface area contributed by atoms with Crippen molar-refractivity contribution in [3.63, 3.8) is 0 Å². The molecule has 1 aromatic carbocycles. The number of benzene rings is 1. The number of methoxy groups -OCH3 is 2. The average Bonchev–Trinajstić information content (AvgIpc) is 2.38. The van der Waals surface area contributed by atoms with Crippen molar-refractivity contribution >= 4 is 12.6 Å². The maximum atomic E-state index is 5.87. The lowest BCUT2D eigenvalue weighted by atomic mass is 9.99. The summed E-state index contributed by atoms with van der Waals surface area (Å²) >= 11 is 4.36. The smallest absolute Gasteiger partial charge is 0.203 e. The van der Waals surface area contributed by atoms with Crippen molar-refractivity contribution in [1.82, 2.24) is 0 Å². The van der Waals surface area contributed by atoms with E-state index < -0.39 is 0 Å². The van der Waals surface area contributed by atoms with Crippen LogP contribution >= 0.6 is 12.6 Å². The molecule has 0 aliphatic rings. The first-order valence-corrected chi connectivity index (χ1v) is 6.71. The van der Waals surface area contributed by atoms with Gasteiger partial charge in [-0.15, -0.1) is 0 Å². The van der Waals surface area contributed by atoms with Crippen molar-refractivity contribution < 1.29 is 14.2 Å². The van der Waals surface area contributed by atoms with Crippen molar-refractivity contribution in [1.29, 1.82) is 0 Å². The molecule has 1 aromatic rings. The zero-order valence-corrected chi connectivity index (χ0v) is 12.4. The number of hydrogen-bond acceptors (Lipinski definition) is 4. The van der Waals surface area contributed by atoms with E-state index in [1.807, 2.05) is 18.2 Å². The normalized spacial score (nSPS) is 12.3. The molecule has 0 saturated heterocycles. The molecule has 3 nitrogen and oxygen atoms in total. The minimum absolute atomic E-state index is 0.406. The molecular formula is C14H22O3S. The molecule has 102 valence electrons. The Kier molecular flexibility index (Phi) is 6.19. The molecular weight excluding hydrogens is 248 g/mol. The van der Waals surface area contributed by atoms with Crippen molar-refractivity contribution in [2.75, 3.05) is 26.6 Å². The van der Waals surface area contributed by atoms with E-state index in [1.54, 1.807) is 14.2 Å². The largest absolute Gasteiger partial charge is 0.493 e. The molecule has 18 heavy (non-hydrogen) atoms. The fraction of sp³-hybridized carbons (Fsp3) is 0.571. The van der Waals surface area contributed by atoms with E-state index >= 15 is 0 Å². The Hall–Kier alpha value is -1.03. The molecule has 0 saturated carbocycles. The minimum Gasteiger partial charge on any atom is -0.493 e. The second kappa shape index (κ2) is 7.41. The van der Waals surface area contributed by atoms with E-state index in [0.717, 1.165) is 5.75 Å². The van der Waals surface area contributed by atoms with Gasteiger partial charge in [-0.25, -0.2) is 0 Å². The first-order chi connectivity index (χ1) is 8.63. The molecule has 0 spiro atoms. The summed E-state index contributed by atoms with van der Waals surface area (Å²) in [5.41, 5.74) is 0. The van der Waals surface area contributed by atoms with E-state index in [0.29, 0.717) is 35.7 Å². The number of para-hydroxylation sites is 1. The highest BCUT2D eigenvalue weighted by Crippen LogP contribution is 2.37. The van der Waals surface area contributed by atoms with Gasteiger partial charge in [0.15, 0.2) is 11.5 Å². The van der Waals surface area contributed by atoms with E-state index in [-0.39, 0.29) is 0 Å². The average molecular weight is 270 g/mol. The molecule has 0 amide bonds. The molecule has 0 bridgehead atoms. The molecule has 0 heterocycles. The molecule has 0 fully saturated rings. The standard InChI is InChI=1S/C14H22O3S/c1-10(2)11(9-18)8-17-14-12(15-3)6-5-7-13(14)16-4/h5-7,10-11,18H,8-9H2,1-4H3. The molecule has 1 unspecified atom stereocenters. The van der Waals surface area contributed by atoms with Gasteiger partial charge in [0.2, 0.25) is 5.75 Å². The number of rotatable bonds is 7. The van der Waals surface area contributed by atoms with Gasteiger partial charge >= 0.3 is 0 Å². The summed E-state index contributed by atoms with van der Waals surface area (Å²) in [4.78, 5) is 0. The minimum atomic E-state index is 0.406. The van der Waals surface area contributed by atoms with Crippen LogP contribution in [0.4, 0.5) is 0 Å². The summed E-state index contributed by atoms with van der Waals surface area (Å²) < 4.78 is 16.4. The second-order valence-corrected chi connectivity index (χ2v) is 4.85. The highest BCUT2D eigenvalue weighted by molar-refractivity contribution is 7.80. The molecule has 0 aliphatic carbocycles. The Morgan fingerprint density at radius 2 is 1.67 bits per heavy atom. The van der Waals surface area contributed by atoms with Crippen molar-refractivity contribution in [3.05, 3.63) is 18.2 Å². The Morgan fingerprint density at radius 1 is 1.11 bits per heavy atom.